The third-order valence-corrected chi connectivity index (χ3v) is 11.7. The molecule has 2 heterocycles. The lowest BCUT2D eigenvalue weighted by atomic mass is 9.78. The van der Waals surface area contributed by atoms with E-state index in [9.17, 15) is 9.59 Å². The van der Waals surface area contributed by atoms with Crippen molar-refractivity contribution in [2.24, 2.45) is 5.92 Å². The lowest BCUT2D eigenvalue weighted by Crippen LogP contribution is -2.36. The summed E-state index contributed by atoms with van der Waals surface area (Å²) in [5, 5.41) is 0. The average Bonchev–Trinajstić information content (AvgIpc) is 3.45. The predicted molar refractivity (Wildman–Crippen MR) is 166 cm³/mol. The quantitative estimate of drug-likeness (QED) is 0.121. The van der Waals surface area contributed by atoms with E-state index in [0.717, 1.165) is 59.4 Å². The van der Waals surface area contributed by atoms with Gasteiger partial charge in [-0.2, -0.15) is 0 Å². The van der Waals surface area contributed by atoms with Crippen molar-refractivity contribution in [3.05, 3.63) is 20.9 Å². The maximum atomic E-state index is 14.1. The number of hydrogen-bond acceptors (Lipinski definition) is 3. The van der Waals surface area contributed by atoms with Crippen molar-refractivity contribution >= 4 is 23.2 Å². The van der Waals surface area contributed by atoms with Crippen LogP contribution in [0.5, 0.6) is 0 Å². The van der Waals surface area contributed by atoms with Crippen molar-refractivity contribution in [2.75, 3.05) is 6.54 Å². The van der Waals surface area contributed by atoms with Crippen LogP contribution in [0.1, 0.15) is 189 Å². The van der Waals surface area contributed by atoms with E-state index in [2.05, 4.69) is 55.4 Å². The topological polar surface area (TPSA) is 37.4 Å². The summed E-state index contributed by atoms with van der Waals surface area (Å²) >= 11 is 1.78. The first-order valence-electron chi connectivity index (χ1n) is 16.2. The minimum Gasteiger partial charge on any atom is -0.274 e. The molecule has 0 radical (unpaired) electrons. The largest absolute Gasteiger partial charge is 0.274 e. The predicted octanol–water partition coefficient (Wildman–Crippen LogP) is 10.8. The molecule has 1 unspecified atom stereocenters. The highest BCUT2D eigenvalue weighted by Gasteiger charge is 2.47. The highest BCUT2D eigenvalue weighted by Crippen LogP contribution is 2.50. The zero-order valence-corrected chi connectivity index (χ0v) is 27.1. The van der Waals surface area contributed by atoms with Gasteiger partial charge in [-0.15, -0.1) is 11.3 Å². The second kappa shape index (κ2) is 15.6. The summed E-state index contributed by atoms with van der Waals surface area (Å²) in [7, 11) is 0. The molecule has 0 aliphatic carbocycles. The Hall–Kier alpha value is -1.16. The van der Waals surface area contributed by atoms with Crippen LogP contribution < -0.4 is 0 Å². The van der Waals surface area contributed by atoms with Crippen LogP contribution in [0.15, 0.2) is 0 Å². The third-order valence-electron chi connectivity index (χ3n) is 9.92. The van der Waals surface area contributed by atoms with Crippen LogP contribution in [0.2, 0.25) is 0 Å². The molecule has 218 valence electrons. The van der Waals surface area contributed by atoms with Gasteiger partial charge in [0.2, 0.25) is 0 Å². The first kappa shape index (κ1) is 33.0. The summed E-state index contributed by atoms with van der Waals surface area (Å²) in [6.07, 6.45) is 18.8. The van der Waals surface area contributed by atoms with Crippen LogP contribution in [0.25, 0.3) is 0 Å². The summed E-state index contributed by atoms with van der Waals surface area (Å²) in [4.78, 5) is 32.2. The molecule has 2 rings (SSSR count). The fourth-order valence-corrected chi connectivity index (χ4v) is 7.87. The van der Waals surface area contributed by atoms with E-state index in [1.807, 2.05) is 0 Å². The van der Waals surface area contributed by atoms with E-state index in [0.29, 0.717) is 12.5 Å². The van der Waals surface area contributed by atoms with E-state index in [1.165, 1.54) is 64.2 Å². The van der Waals surface area contributed by atoms with Gasteiger partial charge in [-0.1, -0.05) is 120 Å². The summed E-state index contributed by atoms with van der Waals surface area (Å²) in [5.74, 6) is 0.399. The molecule has 0 N–H and O–H groups in total. The zero-order chi connectivity index (χ0) is 28.3. The van der Waals surface area contributed by atoms with Gasteiger partial charge in [0.25, 0.3) is 11.8 Å². The first-order chi connectivity index (χ1) is 18.2. The van der Waals surface area contributed by atoms with Crippen molar-refractivity contribution in [3.8, 4) is 0 Å². The van der Waals surface area contributed by atoms with Crippen molar-refractivity contribution in [1.82, 2.24) is 4.90 Å². The maximum Gasteiger partial charge on any atom is 0.262 e. The SMILES string of the molecule is CCCCCCCCC(CCCCCC)CN1C(=O)c2c(C(C)(CC)CC)sc(C(C)(CC)CC)c2C1=O. The molecule has 4 heteroatoms. The number of carbonyl (C=O) groups excluding carboxylic acids is 2. The molecule has 0 saturated heterocycles. The molecule has 1 aromatic heterocycles. The van der Waals surface area contributed by atoms with Crippen LogP contribution in [-0.2, 0) is 10.8 Å². The Kier molecular flexibility index (Phi) is 13.6. The van der Waals surface area contributed by atoms with E-state index in [4.69, 9.17) is 0 Å². The molecule has 1 aliphatic heterocycles. The van der Waals surface area contributed by atoms with Crippen LogP contribution >= 0.6 is 11.3 Å². The Bertz CT molecular complexity index is 825. The minimum atomic E-state index is -0.0701. The summed E-state index contributed by atoms with van der Waals surface area (Å²) in [6.45, 7) is 18.6. The molecule has 1 aliphatic rings. The number of nitrogens with zero attached hydrogens (tertiary/aromatic N) is 1. The lowest BCUT2D eigenvalue weighted by Gasteiger charge is -2.29. The number of hydrogen-bond donors (Lipinski definition) is 0. The van der Waals surface area contributed by atoms with Crippen LogP contribution in [0.4, 0.5) is 0 Å². The Labute approximate surface area is 239 Å². The third kappa shape index (κ3) is 7.52. The Morgan fingerprint density at radius 2 is 0.974 bits per heavy atom. The number of imide groups is 1. The Morgan fingerprint density at radius 1 is 0.605 bits per heavy atom. The van der Waals surface area contributed by atoms with Gasteiger partial charge in [-0.25, -0.2) is 0 Å². The van der Waals surface area contributed by atoms with Crippen LogP contribution in [-0.4, -0.2) is 23.3 Å². The van der Waals surface area contributed by atoms with Gasteiger partial charge in [-0.3, -0.25) is 14.5 Å². The molecular formula is C34H59NO2S. The van der Waals surface area contributed by atoms with Gasteiger partial charge in [0, 0.05) is 27.1 Å². The monoisotopic (exact) mass is 545 g/mol. The van der Waals surface area contributed by atoms with Crippen molar-refractivity contribution in [2.45, 2.75) is 169 Å². The van der Waals surface area contributed by atoms with E-state index in [1.54, 1.807) is 16.2 Å². The first-order valence-corrected chi connectivity index (χ1v) is 17.0. The molecule has 0 fully saturated rings. The summed E-state index contributed by atoms with van der Waals surface area (Å²) < 4.78 is 0. The van der Waals surface area contributed by atoms with E-state index in [-0.39, 0.29) is 22.6 Å². The normalized spacial score (nSPS) is 15.0. The fourth-order valence-electron chi connectivity index (χ4n) is 6.02. The van der Waals surface area contributed by atoms with Crippen LogP contribution in [0, 0.1) is 5.92 Å². The molecular weight excluding hydrogens is 486 g/mol. The fraction of sp³-hybridized carbons (Fsp3) is 0.824. The van der Waals surface area contributed by atoms with Gasteiger partial charge in [0.15, 0.2) is 0 Å². The van der Waals surface area contributed by atoms with Gasteiger partial charge < -0.3 is 0 Å². The molecule has 2 amide bonds. The molecule has 1 aromatic rings. The maximum absolute atomic E-state index is 14.1. The number of rotatable bonds is 20. The van der Waals surface area contributed by atoms with Gasteiger partial charge in [-0.05, 0) is 44.4 Å². The minimum absolute atomic E-state index is 0.00770. The number of fused-ring (bicyclic) bond motifs is 1. The van der Waals surface area contributed by atoms with Gasteiger partial charge in [0.05, 0.1) is 11.1 Å². The Balaban J connectivity index is 2.36. The number of amides is 2. The highest BCUT2D eigenvalue weighted by molar-refractivity contribution is 7.13. The average molecular weight is 546 g/mol. The zero-order valence-electron chi connectivity index (χ0n) is 26.3. The molecule has 0 bridgehead atoms. The Morgan fingerprint density at radius 3 is 1.37 bits per heavy atom. The van der Waals surface area contributed by atoms with Gasteiger partial charge >= 0.3 is 0 Å². The second-order valence-corrected chi connectivity index (χ2v) is 13.6. The van der Waals surface area contributed by atoms with Crippen molar-refractivity contribution in [3.63, 3.8) is 0 Å². The van der Waals surface area contributed by atoms with Crippen molar-refractivity contribution in [1.29, 1.82) is 0 Å². The van der Waals surface area contributed by atoms with E-state index < -0.39 is 0 Å². The number of unbranched alkanes of at least 4 members (excludes halogenated alkanes) is 8. The van der Waals surface area contributed by atoms with Crippen molar-refractivity contribution < 1.29 is 9.59 Å². The standard InChI is InChI=1S/C34H59NO2S/c1-9-15-17-19-20-22-24-26(23-21-18-16-10-2)25-35-31(36)27-28(32(35)37)30(34(8,13-5)14-6)38-29(27)33(7,11-3)12-4/h26H,9-25H2,1-8H3. The highest BCUT2D eigenvalue weighted by atomic mass is 32.1. The molecule has 1 atom stereocenters. The molecule has 0 saturated carbocycles. The van der Waals surface area contributed by atoms with Gasteiger partial charge in [0.1, 0.15) is 0 Å². The molecule has 38 heavy (non-hydrogen) atoms. The second-order valence-electron chi connectivity index (χ2n) is 12.5. The summed E-state index contributed by atoms with van der Waals surface area (Å²) in [5.41, 5.74) is 1.39. The van der Waals surface area contributed by atoms with E-state index >= 15 is 0 Å². The molecule has 0 spiro atoms. The van der Waals surface area contributed by atoms with Crippen LogP contribution in [0.3, 0.4) is 0 Å². The number of thiophene rings is 1. The smallest absolute Gasteiger partial charge is 0.262 e. The molecule has 0 aromatic carbocycles. The lowest BCUT2D eigenvalue weighted by molar-refractivity contribution is 0.0619. The number of carbonyl (C=O) groups is 2. The molecule has 3 nitrogen and oxygen atoms in total. The summed E-state index contributed by atoms with van der Waals surface area (Å²) in [6, 6.07) is 0.